The molecular formula is C26H28FN3O3. The first kappa shape index (κ1) is 22.7. The summed E-state index contributed by atoms with van der Waals surface area (Å²) in [6, 6.07) is 13.4. The number of nitrogens with two attached hydrogens (primary N) is 1. The summed E-state index contributed by atoms with van der Waals surface area (Å²) in [5, 5.41) is 0.518. The first-order valence-electron chi connectivity index (χ1n) is 11.1. The lowest BCUT2D eigenvalue weighted by atomic mass is 9.89. The maximum atomic E-state index is 13.7. The molecule has 1 aliphatic heterocycles. The molecule has 33 heavy (non-hydrogen) atoms. The van der Waals surface area contributed by atoms with Crippen LogP contribution in [0.4, 0.5) is 4.39 Å². The van der Waals surface area contributed by atoms with E-state index in [1.54, 1.807) is 30.9 Å². The molecule has 1 aromatic heterocycles. The molecule has 0 bridgehead atoms. The van der Waals surface area contributed by atoms with Gasteiger partial charge in [-0.2, -0.15) is 0 Å². The smallest absolute Gasteiger partial charge is 0.266 e. The number of aromatic nitrogens is 1. The standard InChI is InChI=1S/C26H28FN3O3/c1-16-6-9-20(10-7-16)33-26(2,3)25(32)30-12-4-5-17(15-30)23-21(24(28)31)14-18-13-19(27)8-11-22(18)29-23/h6-11,13-14,17H,4-5,12,15H2,1-3H3,(H2,28,31)/t17-/m1/s1. The molecule has 1 saturated heterocycles. The Bertz CT molecular complexity index is 1210. The molecule has 2 amide bonds. The van der Waals surface area contributed by atoms with Crippen LogP contribution in [0.3, 0.4) is 0 Å². The van der Waals surface area contributed by atoms with E-state index in [9.17, 15) is 14.0 Å². The molecule has 172 valence electrons. The predicted molar refractivity (Wildman–Crippen MR) is 125 cm³/mol. The van der Waals surface area contributed by atoms with Crippen molar-refractivity contribution in [2.75, 3.05) is 13.1 Å². The quantitative estimate of drug-likeness (QED) is 0.628. The third-order valence-corrected chi connectivity index (χ3v) is 6.08. The number of aryl methyl sites for hydroxylation is 1. The largest absolute Gasteiger partial charge is 0.478 e. The zero-order chi connectivity index (χ0) is 23.8. The van der Waals surface area contributed by atoms with Gasteiger partial charge in [0.2, 0.25) is 0 Å². The summed E-state index contributed by atoms with van der Waals surface area (Å²) in [6.45, 7) is 6.51. The van der Waals surface area contributed by atoms with Crippen LogP contribution in [-0.4, -0.2) is 40.4 Å². The van der Waals surface area contributed by atoms with Crippen molar-refractivity contribution in [3.8, 4) is 5.75 Å². The third kappa shape index (κ3) is 4.82. The number of hydrogen-bond acceptors (Lipinski definition) is 4. The second kappa shape index (κ2) is 8.81. The number of primary amides is 1. The van der Waals surface area contributed by atoms with Gasteiger partial charge in [-0.1, -0.05) is 17.7 Å². The number of likely N-dealkylation sites (tertiary alicyclic amines) is 1. The number of ether oxygens (including phenoxy) is 1. The molecule has 4 rings (SSSR count). The number of benzene rings is 2. The van der Waals surface area contributed by atoms with E-state index in [0.29, 0.717) is 35.4 Å². The number of amides is 2. The molecule has 1 fully saturated rings. The first-order chi connectivity index (χ1) is 15.6. The minimum absolute atomic E-state index is 0.128. The van der Waals surface area contributed by atoms with E-state index in [-0.39, 0.29) is 17.4 Å². The highest BCUT2D eigenvalue weighted by atomic mass is 19.1. The van der Waals surface area contributed by atoms with Crippen molar-refractivity contribution in [2.45, 2.75) is 45.1 Å². The van der Waals surface area contributed by atoms with Gasteiger partial charge in [0, 0.05) is 24.4 Å². The molecule has 0 unspecified atom stereocenters. The predicted octanol–water partition coefficient (Wildman–Crippen LogP) is 4.34. The zero-order valence-corrected chi connectivity index (χ0v) is 19.1. The topological polar surface area (TPSA) is 85.5 Å². The summed E-state index contributed by atoms with van der Waals surface area (Å²) in [5.74, 6) is -0.675. The third-order valence-electron chi connectivity index (χ3n) is 6.08. The molecule has 0 radical (unpaired) electrons. The number of nitrogens with zero attached hydrogens (tertiary/aromatic N) is 2. The summed E-state index contributed by atoms with van der Waals surface area (Å²) in [5.41, 5.74) is 7.10. The van der Waals surface area contributed by atoms with Crippen molar-refractivity contribution < 1.29 is 18.7 Å². The first-order valence-corrected chi connectivity index (χ1v) is 11.1. The van der Waals surface area contributed by atoms with Gasteiger partial charge in [-0.15, -0.1) is 0 Å². The van der Waals surface area contributed by atoms with Crippen LogP contribution in [0.1, 0.15) is 54.2 Å². The van der Waals surface area contributed by atoms with E-state index < -0.39 is 17.3 Å². The Morgan fingerprint density at radius 3 is 2.58 bits per heavy atom. The Kier molecular flexibility index (Phi) is 6.06. The molecule has 1 aliphatic rings. The van der Waals surface area contributed by atoms with E-state index in [1.807, 2.05) is 31.2 Å². The lowest BCUT2D eigenvalue weighted by Crippen LogP contribution is -2.51. The van der Waals surface area contributed by atoms with E-state index in [2.05, 4.69) is 4.98 Å². The Morgan fingerprint density at radius 1 is 1.15 bits per heavy atom. The normalized spacial score (nSPS) is 16.6. The molecule has 6 nitrogen and oxygen atoms in total. The molecule has 0 saturated carbocycles. The summed E-state index contributed by atoms with van der Waals surface area (Å²) in [4.78, 5) is 32.0. The number of piperidine rings is 1. The molecule has 1 atom stereocenters. The minimum Gasteiger partial charge on any atom is -0.478 e. The summed E-state index contributed by atoms with van der Waals surface area (Å²) in [7, 11) is 0. The van der Waals surface area contributed by atoms with Crippen LogP contribution < -0.4 is 10.5 Å². The van der Waals surface area contributed by atoms with Gasteiger partial charge < -0.3 is 15.4 Å². The molecule has 0 aliphatic carbocycles. The zero-order valence-electron chi connectivity index (χ0n) is 19.1. The lowest BCUT2D eigenvalue weighted by molar-refractivity contribution is -0.146. The van der Waals surface area contributed by atoms with E-state index in [0.717, 1.165) is 18.4 Å². The van der Waals surface area contributed by atoms with Gasteiger partial charge in [0.05, 0.1) is 16.8 Å². The summed E-state index contributed by atoms with van der Waals surface area (Å²) in [6.07, 6.45) is 1.53. The Balaban J connectivity index is 1.59. The molecule has 3 aromatic rings. The Morgan fingerprint density at radius 2 is 1.88 bits per heavy atom. The van der Waals surface area contributed by atoms with Gasteiger partial charge in [-0.3, -0.25) is 14.6 Å². The van der Waals surface area contributed by atoms with Crippen LogP contribution in [0.15, 0.2) is 48.5 Å². The number of carbonyl (C=O) groups is 2. The highest BCUT2D eigenvalue weighted by Crippen LogP contribution is 2.32. The molecule has 0 spiro atoms. The average molecular weight is 450 g/mol. The molecular weight excluding hydrogens is 421 g/mol. The highest BCUT2D eigenvalue weighted by molar-refractivity contribution is 5.98. The molecule has 2 heterocycles. The van der Waals surface area contributed by atoms with Gasteiger partial charge >= 0.3 is 0 Å². The summed E-state index contributed by atoms with van der Waals surface area (Å²) < 4.78 is 19.7. The van der Waals surface area contributed by atoms with Crippen molar-refractivity contribution in [1.82, 2.24) is 9.88 Å². The number of pyridine rings is 1. The fraction of sp³-hybridized carbons (Fsp3) is 0.346. The second-order valence-corrected chi connectivity index (χ2v) is 9.14. The lowest BCUT2D eigenvalue weighted by Gasteiger charge is -2.37. The summed E-state index contributed by atoms with van der Waals surface area (Å²) >= 11 is 0. The van der Waals surface area contributed by atoms with E-state index in [4.69, 9.17) is 10.5 Å². The maximum absolute atomic E-state index is 13.7. The molecule has 2 aromatic carbocycles. The number of rotatable bonds is 5. The van der Waals surface area contributed by atoms with E-state index in [1.165, 1.54) is 12.1 Å². The number of hydrogen-bond donors (Lipinski definition) is 1. The highest BCUT2D eigenvalue weighted by Gasteiger charge is 2.37. The van der Waals surface area contributed by atoms with Gasteiger partial charge in [0.25, 0.3) is 11.8 Å². The average Bonchev–Trinajstić information content (AvgIpc) is 2.79. The van der Waals surface area contributed by atoms with Crippen molar-refractivity contribution in [2.24, 2.45) is 5.73 Å². The molecule has 7 heteroatoms. The van der Waals surface area contributed by atoms with Crippen molar-refractivity contribution in [1.29, 1.82) is 0 Å². The van der Waals surface area contributed by atoms with Crippen molar-refractivity contribution in [3.05, 3.63) is 71.2 Å². The number of carbonyl (C=O) groups excluding carboxylic acids is 2. The number of fused-ring (bicyclic) bond motifs is 1. The van der Waals surface area contributed by atoms with Crippen LogP contribution in [-0.2, 0) is 4.79 Å². The fourth-order valence-electron chi connectivity index (χ4n) is 4.38. The maximum Gasteiger partial charge on any atom is 0.266 e. The second-order valence-electron chi connectivity index (χ2n) is 9.14. The van der Waals surface area contributed by atoms with E-state index >= 15 is 0 Å². The van der Waals surface area contributed by atoms with Crippen molar-refractivity contribution in [3.63, 3.8) is 0 Å². The van der Waals surface area contributed by atoms with Crippen LogP contribution in [0.25, 0.3) is 10.9 Å². The van der Waals surface area contributed by atoms with Gasteiger partial charge in [-0.05, 0) is 70.0 Å². The number of halogens is 1. The SMILES string of the molecule is Cc1ccc(OC(C)(C)C(=O)N2CCC[C@@H](c3nc4ccc(F)cc4cc3C(N)=O)C2)cc1. The minimum atomic E-state index is -1.06. The van der Waals surface area contributed by atoms with Crippen LogP contribution in [0, 0.1) is 12.7 Å². The van der Waals surface area contributed by atoms with Gasteiger partial charge in [-0.25, -0.2) is 4.39 Å². The van der Waals surface area contributed by atoms with Crippen LogP contribution >= 0.6 is 0 Å². The Hall–Kier alpha value is -3.48. The van der Waals surface area contributed by atoms with Gasteiger partial charge in [0.1, 0.15) is 11.6 Å². The fourth-order valence-corrected chi connectivity index (χ4v) is 4.38. The van der Waals surface area contributed by atoms with Crippen LogP contribution in [0.2, 0.25) is 0 Å². The van der Waals surface area contributed by atoms with Crippen molar-refractivity contribution >= 4 is 22.7 Å². The Labute approximate surface area is 192 Å². The van der Waals surface area contributed by atoms with Crippen LogP contribution in [0.5, 0.6) is 5.75 Å². The molecule has 2 N–H and O–H groups in total. The monoisotopic (exact) mass is 449 g/mol. The van der Waals surface area contributed by atoms with Gasteiger partial charge in [0.15, 0.2) is 5.60 Å².